The normalized spacial score (nSPS) is 12.7. The van der Waals surface area contributed by atoms with Gasteiger partial charge < -0.3 is 4.90 Å². The highest BCUT2D eigenvalue weighted by Gasteiger charge is 2.48. The van der Waals surface area contributed by atoms with Crippen LogP contribution in [-0.2, 0) is 5.41 Å². The van der Waals surface area contributed by atoms with Crippen molar-refractivity contribution in [3.63, 3.8) is 0 Å². The number of fused-ring (bicyclic) bond motifs is 3. The van der Waals surface area contributed by atoms with Crippen molar-refractivity contribution in [1.82, 2.24) is 0 Å². The van der Waals surface area contributed by atoms with Gasteiger partial charge in [0, 0.05) is 29.5 Å². The van der Waals surface area contributed by atoms with Gasteiger partial charge >= 0.3 is 0 Å². The fourth-order valence-corrected chi connectivity index (χ4v) is 7.57. The van der Waals surface area contributed by atoms with E-state index in [0.29, 0.717) is 0 Å². The summed E-state index contributed by atoms with van der Waals surface area (Å²) in [5.74, 6) is 0. The quantitative estimate of drug-likeness (QED) is 0.186. The van der Waals surface area contributed by atoms with Crippen molar-refractivity contribution >= 4 is 11.4 Å². The van der Waals surface area contributed by atoms with E-state index in [1.54, 1.807) is 0 Å². The zero-order chi connectivity index (χ0) is 31.1. The van der Waals surface area contributed by atoms with Gasteiger partial charge in [-0.15, -0.1) is 0 Å². The van der Waals surface area contributed by atoms with E-state index in [0.717, 1.165) is 0 Å². The van der Waals surface area contributed by atoms with E-state index in [9.17, 15) is 0 Å². The van der Waals surface area contributed by atoms with Gasteiger partial charge in [0.25, 0.3) is 0 Å². The average Bonchev–Trinajstić information content (AvgIpc) is 3.44. The molecule has 46 heavy (non-hydrogen) atoms. The second kappa shape index (κ2) is 11.4. The Labute approximate surface area is 272 Å². The molecule has 0 aliphatic heterocycles. The number of benzene rings is 7. The Morgan fingerprint density at radius 3 is 1.65 bits per heavy atom. The standard InChI is InChI=1S/C45H35N/c1-32-15-13-16-35(31-32)33-27-29-34(30-28-33)38-21-10-12-25-42(38)46(2)43-26-14-23-40-39-22-9-11-24-41(39)45(44(40)43,36-17-5-3-6-18-36)37-19-7-4-8-20-37/h3-31H,1-2H3. The van der Waals surface area contributed by atoms with Gasteiger partial charge in [-0.3, -0.25) is 0 Å². The van der Waals surface area contributed by atoms with Crippen molar-refractivity contribution in [3.8, 4) is 33.4 Å². The van der Waals surface area contributed by atoms with Crippen LogP contribution in [0, 0.1) is 6.92 Å². The molecule has 8 rings (SSSR count). The second-order valence-electron chi connectivity index (χ2n) is 12.3. The van der Waals surface area contributed by atoms with Crippen LogP contribution in [0.25, 0.3) is 33.4 Å². The average molecular weight is 590 g/mol. The van der Waals surface area contributed by atoms with Gasteiger partial charge in [-0.2, -0.15) is 0 Å². The van der Waals surface area contributed by atoms with Gasteiger partial charge in [0.05, 0.1) is 5.41 Å². The highest BCUT2D eigenvalue weighted by Crippen LogP contribution is 2.59. The molecule has 7 aromatic rings. The number of nitrogens with zero attached hydrogens (tertiary/aromatic N) is 1. The van der Waals surface area contributed by atoms with E-state index in [4.69, 9.17) is 0 Å². The van der Waals surface area contributed by atoms with Crippen LogP contribution >= 0.6 is 0 Å². The number of hydrogen-bond donors (Lipinski definition) is 0. The molecule has 0 aromatic heterocycles. The molecule has 0 spiro atoms. The number of para-hydroxylation sites is 1. The molecule has 1 aliphatic carbocycles. The van der Waals surface area contributed by atoms with E-state index < -0.39 is 5.41 Å². The summed E-state index contributed by atoms with van der Waals surface area (Å²) in [6.45, 7) is 2.15. The molecule has 0 unspecified atom stereocenters. The first-order chi connectivity index (χ1) is 22.7. The Balaban J connectivity index is 1.32. The molecule has 0 fully saturated rings. The van der Waals surface area contributed by atoms with Crippen LogP contribution in [0.1, 0.15) is 27.8 Å². The van der Waals surface area contributed by atoms with Crippen molar-refractivity contribution < 1.29 is 0 Å². The van der Waals surface area contributed by atoms with Crippen LogP contribution in [0.2, 0.25) is 0 Å². The van der Waals surface area contributed by atoms with E-state index in [-0.39, 0.29) is 0 Å². The Kier molecular flexibility index (Phi) is 6.88. The Morgan fingerprint density at radius 1 is 0.413 bits per heavy atom. The monoisotopic (exact) mass is 589 g/mol. The smallest absolute Gasteiger partial charge is 0.0734 e. The Bertz CT molecular complexity index is 2120. The highest BCUT2D eigenvalue weighted by molar-refractivity contribution is 5.93. The highest BCUT2D eigenvalue weighted by atomic mass is 15.1. The molecule has 0 saturated heterocycles. The lowest BCUT2D eigenvalue weighted by Crippen LogP contribution is -2.30. The lowest BCUT2D eigenvalue weighted by atomic mass is 9.67. The van der Waals surface area contributed by atoms with Gasteiger partial charge in [-0.1, -0.05) is 169 Å². The first-order valence-electron chi connectivity index (χ1n) is 16.0. The molecule has 1 aliphatic rings. The molecular formula is C45H35N. The van der Waals surface area contributed by atoms with Gasteiger partial charge in [-0.05, 0) is 63.6 Å². The van der Waals surface area contributed by atoms with Crippen LogP contribution < -0.4 is 4.90 Å². The third-order valence-corrected chi connectivity index (χ3v) is 9.63. The minimum atomic E-state index is -0.469. The molecule has 0 atom stereocenters. The molecule has 1 heteroatoms. The summed E-state index contributed by atoms with van der Waals surface area (Å²) in [4.78, 5) is 2.40. The maximum atomic E-state index is 2.40. The summed E-state index contributed by atoms with van der Waals surface area (Å²) in [5, 5.41) is 0. The van der Waals surface area contributed by atoms with Crippen molar-refractivity contribution in [2.45, 2.75) is 12.3 Å². The van der Waals surface area contributed by atoms with Gasteiger partial charge in [0.2, 0.25) is 0 Å². The molecule has 0 saturated carbocycles. The van der Waals surface area contributed by atoms with Crippen LogP contribution in [0.4, 0.5) is 11.4 Å². The predicted octanol–water partition coefficient (Wildman–Crippen LogP) is 11.5. The zero-order valence-electron chi connectivity index (χ0n) is 26.2. The van der Waals surface area contributed by atoms with Crippen molar-refractivity contribution in [2.24, 2.45) is 0 Å². The van der Waals surface area contributed by atoms with Gasteiger partial charge in [0.1, 0.15) is 0 Å². The lowest BCUT2D eigenvalue weighted by molar-refractivity contribution is 0.767. The molecule has 0 bridgehead atoms. The topological polar surface area (TPSA) is 3.24 Å². The summed E-state index contributed by atoms with van der Waals surface area (Å²) in [6, 6.07) is 64.3. The van der Waals surface area contributed by atoms with Crippen LogP contribution in [0.3, 0.4) is 0 Å². The fourth-order valence-electron chi connectivity index (χ4n) is 7.57. The Morgan fingerprint density at radius 2 is 0.957 bits per heavy atom. The lowest BCUT2D eigenvalue weighted by Gasteiger charge is -2.37. The molecule has 220 valence electrons. The molecular weight excluding hydrogens is 555 g/mol. The van der Waals surface area contributed by atoms with Crippen LogP contribution in [0.5, 0.6) is 0 Å². The molecule has 0 N–H and O–H groups in total. The summed E-state index contributed by atoms with van der Waals surface area (Å²) < 4.78 is 0. The molecule has 7 aromatic carbocycles. The van der Waals surface area contributed by atoms with E-state index in [1.165, 1.54) is 72.6 Å². The largest absolute Gasteiger partial charge is 0.344 e. The molecule has 0 amide bonds. The summed E-state index contributed by atoms with van der Waals surface area (Å²) in [6.07, 6.45) is 0. The number of hydrogen-bond acceptors (Lipinski definition) is 1. The molecule has 1 nitrogen and oxygen atoms in total. The van der Waals surface area contributed by atoms with Gasteiger partial charge in [-0.25, -0.2) is 0 Å². The maximum Gasteiger partial charge on any atom is 0.0734 e. The zero-order valence-corrected chi connectivity index (χ0v) is 26.2. The first kappa shape index (κ1) is 27.9. The van der Waals surface area contributed by atoms with E-state index in [1.807, 2.05) is 0 Å². The minimum Gasteiger partial charge on any atom is -0.344 e. The van der Waals surface area contributed by atoms with Crippen molar-refractivity contribution in [3.05, 3.63) is 204 Å². The maximum absolute atomic E-state index is 2.40. The van der Waals surface area contributed by atoms with Crippen molar-refractivity contribution in [2.75, 3.05) is 11.9 Å². The second-order valence-corrected chi connectivity index (χ2v) is 12.3. The third-order valence-electron chi connectivity index (χ3n) is 9.63. The van der Waals surface area contributed by atoms with Gasteiger partial charge in [0.15, 0.2) is 0 Å². The van der Waals surface area contributed by atoms with E-state index >= 15 is 0 Å². The molecule has 0 radical (unpaired) electrons. The summed E-state index contributed by atoms with van der Waals surface area (Å²) in [5.41, 5.74) is 15.8. The fraction of sp³-hybridized carbons (Fsp3) is 0.0667. The van der Waals surface area contributed by atoms with Crippen LogP contribution in [-0.4, -0.2) is 7.05 Å². The van der Waals surface area contributed by atoms with E-state index in [2.05, 4.69) is 195 Å². The number of anilines is 2. The molecule has 0 heterocycles. The number of rotatable bonds is 6. The van der Waals surface area contributed by atoms with Crippen molar-refractivity contribution in [1.29, 1.82) is 0 Å². The first-order valence-corrected chi connectivity index (χ1v) is 16.0. The number of aryl methyl sites for hydroxylation is 1. The third kappa shape index (κ3) is 4.39. The van der Waals surface area contributed by atoms with Crippen LogP contribution in [0.15, 0.2) is 176 Å². The minimum absolute atomic E-state index is 0.469. The predicted molar refractivity (Wildman–Crippen MR) is 194 cm³/mol. The summed E-state index contributed by atoms with van der Waals surface area (Å²) >= 11 is 0. The Hall–Kier alpha value is -5.66. The summed E-state index contributed by atoms with van der Waals surface area (Å²) in [7, 11) is 2.22. The SMILES string of the molecule is Cc1cccc(-c2ccc(-c3ccccc3N(C)c3cccc4c3C(c3ccccc3)(c3ccccc3)c3ccccc3-4)cc2)c1.